The minimum atomic E-state index is -0.274. The monoisotopic (exact) mass is 215 g/mol. The third-order valence-corrected chi connectivity index (χ3v) is 3.22. The van der Waals surface area contributed by atoms with Gasteiger partial charge >= 0.3 is 0 Å². The van der Waals surface area contributed by atoms with Gasteiger partial charge in [-0.25, -0.2) is 0 Å². The maximum Gasteiger partial charge on any atom is 0.0664 e. The fourth-order valence-electron chi connectivity index (χ4n) is 2.37. The lowest BCUT2D eigenvalue weighted by molar-refractivity contribution is 0.0637. The number of aliphatic hydroxyl groups is 1. The van der Waals surface area contributed by atoms with Crippen LogP contribution in [0.4, 0.5) is 0 Å². The maximum atomic E-state index is 9.37. The molecule has 0 aromatic heterocycles. The van der Waals surface area contributed by atoms with Crippen LogP contribution in [0.15, 0.2) is 0 Å². The third-order valence-electron chi connectivity index (χ3n) is 3.22. The summed E-state index contributed by atoms with van der Waals surface area (Å²) >= 11 is 0. The van der Waals surface area contributed by atoms with E-state index in [-0.39, 0.29) is 12.1 Å². The summed E-state index contributed by atoms with van der Waals surface area (Å²) in [6.45, 7) is 2.73. The first-order chi connectivity index (χ1) is 7.20. The zero-order chi connectivity index (χ0) is 11.1. The highest BCUT2D eigenvalue weighted by Crippen LogP contribution is 2.19. The van der Waals surface area contributed by atoms with Crippen LogP contribution in [-0.2, 0) is 4.74 Å². The Hall–Kier alpha value is -0.120. The molecule has 0 heterocycles. The Morgan fingerprint density at radius 1 is 1.27 bits per heavy atom. The van der Waals surface area contributed by atoms with E-state index in [4.69, 9.17) is 4.74 Å². The summed E-state index contributed by atoms with van der Waals surface area (Å²) in [5.74, 6) is 0. The average Bonchev–Trinajstić information content (AvgIpc) is 2.47. The van der Waals surface area contributed by atoms with Crippen molar-refractivity contribution in [1.82, 2.24) is 5.32 Å². The molecule has 0 amide bonds. The quantitative estimate of drug-likeness (QED) is 0.686. The summed E-state index contributed by atoms with van der Waals surface area (Å²) in [6, 6.07) is 0.555. The Morgan fingerprint density at radius 3 is 2.33 bits per heavy atom. The molecule has 0 spiro atoms. The van der Waals surface area contributed by atoms with E-state index in [1.807, 2.05) is 6.92 Å². The van der Waals surface area contributed by atoms with E-state index in [0.29, 0.717) is 12.6 Å². The van der Waals surface area contributed by atoms with Crippen molar-refractivity contribution >= 4 is 0 Å². The maximum absolute atomic E-state index is 9.37. The second-order valence-corrected chi connectivity index (χ2v) is 4.98. The van der Waals surface area contributed by atoms with Gasteiger partial charge in [-0.1, -0.05) is 25.7 Å². The van der Waals surface area contributed by atoms with Gasteiger partial charge in [0.25, 0.3) is 0 Å². The molecule has 15 heavy (non-hydrogen) atoms. The lowest BCUT2D eigenvalue weighted by Gasteiger charge is -2.32. The van der Waals surface area contributed by atoms with Crippen LogP contribution in [0.2, 0.25) is 0 Å². The summed E-state index contributed by atoms with van der Waals surface area (Å²) in [7, 11) is 1.68. The van der Waals surface area contributed by atoms with Gasteiger partial charge in [0.2, 0.25) is 0 Å². The van der Waals surface area contributed by atoms with Gasteiger partial charge in [0, 0.05) is 13.2 Å². The molecule has 3 nitrogen and oxygen atoms in total. The molecule has 0 radical (unpaired) electrons. The predicted octanol–water partition coefficient (Wildman–Crippen LogP) is 1.70. The molecule has 3 heteroatoms. The first-order valence-electron chi connectivity index (χ1n) is 6.08. The van der Waals surface area contributed by atoms with Crippen LogP contribution in [0.25, 0.3) is 0 Å². The molecule has 1 atom stereocenters. The number of hydrogen-bond donors (Lipinski definition) is 2. The van der Waals surface area contributed by atoms with Crippen LogP contribution in [0.1, 0.15) is 45.4 Å². The van der Waals surface area contributed by atoms with E-state index in [2.05, 4.69) is 5.32 Å². The van der Waals surface area contributed by atoms with Crippen LogP contribution in [0, 0.1) is 0 Å². The average molecular weight is 215 g/mol. The fourth-order valence-corrected chi connectivity index (χ4v) is 2.37. The van der Waals surface area contributed by atoms with E-state index >= 15 is 0 Å². The molecule has 0 aromatic carbocycles. The molecule has 0 aliphatic heterocycles. The Balaban J connectivity index is 2.41. The highest BCUT2D eigenvalue weighted by Gasteiger charge is 2.26. The number of aliphatic hydroxyl groups excluding tert-OH is 1. The molecule has 90 valence electrons. The number of hydrogen-bond acceptors (Lipinski definition) is 3. The Kier molecular flexibility index (Phi) is 5.58. The molecule has 1 rings (SSSR count). The highest BCUT2D eigenvalue weighted by atomic mass is 16.5. The molecule has 2 N–H and O–H groups in total. The number of nitrogens with one attached hydrogen (secondary N) is 1. The van der Waals surface area contributed by atoms with Crippen LogP contribution >= 0.6 is 0 Å². The van der Waals surface area contributed by atoms with Crippen molar-refractivity contribution in [2.24, 2.45) is 0 Å². The molecule has 0 saturated heterocycles. The largest absolute Gasteiger partial charge is 0.394 e. The van der Waals surface area contributed by atoms with Gasteiger partial charge < -0.3 is 15.2 Å². The van der Waals surface area contributed by atoms with Gasteiger partial charge in [-0.3, -0.25) is 0 Å². The predicted molar refractivity (Wildman–Crippen MR) is 62.0 cm³/mol. The normalized spacial score (nSPS) is 23.4. The van der Waals surface area contributed by atoms with Crippen molar-refractivity contribution in [3.63, 3.8) is 0 Å². The van der Waals surface area contributed by atoms with Crippen molar-refractivity contribution in [2.45, 2.75) is 57.0 Å². The molecule has 0 bridgehead atoms. The van der Waals surface area contributed by atoms with Crippen molar-refractivity contribution in [3.05, 3.63) is 0 Å². The van der Waals surface area contributed by atoms with Gasteiger partial charge in [-0.2, -0.15) is 0 Å². The number of methoxy groups -OCH3 is 1. The number of ether oxygens (including phenoxy) is 1. The summed E-state index contributed by atoms with van der Waals surface area (Å²) < 4.78 is 5.15. The first kappa shape index (κ1) is 12.9. The second-order valence-electron chi connectivity index (χ2n) is 4.98. The SMILES string of the molecule is COCC(C)(CO)NC1CCCCCC1. The summed E-state index contributed by atoms with van der Waals surface area (Å²) in [5.41, 5.74) is -0.274. The zero-order valence-electron chi connectivity index (χ0n) is 10.1. The molecular formula is C12H25NO2. The number of rotatable bonds is 5. The van der Waals surface area contributed by atoms with Crippen molar-refractivity contribution < 1.29 is 9.84 Å². The van der Waals surface area contributed by atoms with Crippen LogP contribution in [0.3, 0.4) is 0 Å². The topological polar surface area (TPSA) is 41.5 Å². The Bertz CT molecular complexity index is 167. The molecule has 1 unspecified atom stereocenters. The standard InChI is InChI=1S/C12H25NO2/c1-12(9-14,10-15-2)13-11-7-5-3-4-6-8-11/h11,13-14H,3-10H2,1-2H3. The molecular weight excluding hydrogens is 190 g/mol. The van der Waals surface area contributed by atoms with E-state index in [1.165, 1.54) is 38.5 Å². The minimum Gasteiger partial charge on any atom is -0.394 e. The summed E-state index contributed by atoms with van der Waals surface area (Å²) in [4.78, 5) is 0. The van der Waals surface area contributed by atoms with Crippen molar-refractivity contribution in [2.75, 3.05) is 20.3 Å². The highest BCUT2D eigenvalue weighted by molar-refractivity contribution is 4.86. The smallest absolute Gasteiger partial charge is 0.0664 e. The Labute approximate surface area is 93.2 Å². The lowest BCUT2D eigenvalue weighted by atomic mass is 10.0. The van der Waals surface area contributed by atoms with Crippen molar-refractivity contribution in [1.29, 1.82) is 0 Å². The fraction of sp³-hybridized carbons (Fsp3) is 1.00. The van der Waals surface area contributed by atoms with Gasteiger partial charge in [0.05, 0.1) is 18.8 Å². The molecule has 1 aliphatic carbocycles. The third kappa shape index (κ3) is 4.49. The van der Waals surface area contributed by atoms with Crippen molar-refractivity contribution in [3.8, 4) is 0 Å². The summed E-state index contributed by atoms with van der Waals surface area (Å²) in [5, 5.41) is 12.9. The van der Waals surface area contributed by atoms with Gasteiger partial charge in [0.1, 0.15) is 0 Å². The van der Waals surface area contributed by atoms with Gasteiger partial charge in [0.15, 0.2) is 0 Å². The molecule has 1 saturated carbocycles. The molecule has 1 aliphatic rings. The molecule has 0 aromatic rings. The minimum absolute atomic E-state index is 0.136. The van der Waals surface area contributed by atoms with Crippen LogP contribution in [-0.4, -0.2) is 37.0 Å². The van der Waals surface area contributed by atoms with Gasteiger partial charge in [-0.15, -0.1) is 0 Å². The lowest BCUT2D eigenvalue weighted by Crippen LogP contribution is -2.53. The second kappa shape index (κ2) is 6.46. The Morgan fingerprint density at radius 2 is 1.87 bits per heavy atom. The first-order valence-corrected chi connectivity index (χ1v) is 6.08. The van der Waals surface area contributed by atoms with E-state index in [1.54, 1.807) is 7.11 Å². The van der Waals surface area contributed by atoms with E-state index < -0.39 is 0 Å². The zero-order valence-corrected chi connectivity index (χ0v) is 10.1. The van der Waals surface area contributed by atoms with Crippen LogP contribution < -0.4 is 5.32 Å². The summed E-state index contributed by atoms with van der Waals surface area (Å²) in [6.07, 6.45) is 7.81. The van der Waals surface area contributed by atoms with E-state index in [0.717, 1.165) is 0 Å². The van der Waals surface area contributed by atoms with E-state index in [9.17, 15) is 5.11 Å². The molecule has 1 fully saturated rings. The van der Waals surface area contributed by atoms with Gasteiger partial charge in [-0.05, 0) is 19.8 Å². The van der Waals surface area contributed by atoms with Crippen LogP contribution in [0.5, 0.6) is 0 Å².